The Morgan fingerprint density at radius 2 is 1.93 bits per heavy atom. The second-order valence-electron chi connectivity index (χ2n) is 7.00. The summed E-state index contributed by atoms with van der Waals surface area (Å²) in [7, 11) is 0. The number of rotatable bonds is 7. The smallest absolute Gasteiger partial charge is 0.203 e. The molecule has 0 saturated carbocycles. The number of aromatic nitrogens is 1. The zero-order valence-corrected chi connectivity index (χ0v) is 17.0. The number of ether oxygens (including phenoxy) is 1. The van der Waals surface area contributed by atoms with E-state index in [4.69, 9.17) is 4.74 Å². The molecule has 2 aromatic carbocycles. The first-order valence-corrected chi connectivity index (χ1v) is 9.94. The summed E-state index contributed by atoms with van der Waals surface area (Å²) in [6, 6.07) is 14.3. The SMILES string of the molecule is Cc1ccc(-c2csc(N/N=C\c3ccc(OCC(C)C)cc3)n2)c(C)c1. The minimum atomic E-state index is 0.516. The van der Waals surface area contributed by atoms with E-state index in [0.717, 1.165) is 34.3 Å². The third-order valence-electron chi connectivity index (χ3n) is 4.00. The minimum absolute atomic E-state index is 0.516. The molecule has 1 N–H and O–H groups in total. The summed E-state index contributed by atoms with van der Waals surface area (Å²) in [5.41, 5.74) is 8.64. The van der Waals surface area contributed by atoms with E-state index in [9.17, 15) is 0 Å². The Balaban J connectivity index is 1.59. The average molecular weight is 380 g/mol. The molecule has 0 aliphatic carbocycles. The van der Waals surface area contributed by atoms with Gasteiger partial charge in [-0.3, -0.25) is 5.43 Å². The normalized spacial score (nSPS) is 11.3. The van der Waals surface area contributed by atoms with Crippen molar-refractivity contribution in [1.82, 2.24) is 4.98 Å². The molecule has 140 valence electrons. The fourth-order valence-corrected chi connectivity index (χ4v) is 3.28. The van der Waals surface area contributed by atoms with Crippen LogP contribution in [0.3, 0.4) is 0 Å². The van der Waals surface area contributed by atoms with Crippen LogP contribution in [0, 0.1) is 19.8 Å². The number of thiazole rings is 1. The summed E-state index contributed by atoms with van der Waals surface area (Å²) in [6.45, 7) is 9.21. The van der Waals surface area contributed by atoms with Crippen LogP contribution in [0.4, 0.5) is 5.13 Å². The van der Waals surface area contributed by atoms with Crippen molar-refractivity contribution in [2.45, 2.75) is 27.7 Å². The van der Waals surface area contributed by atoms with Crippen LogP contribution in [-0.4, -0.2) is 17.8 Å². The fraction of sp³-hybridized carbons (Fsp3) is 0.273. The molecule has 0 fully saturated rings. The summed E-state index contributed by atoms with van der Waals surface area (Å²) in [5.74, 6) is 1.40. The highest BCUT2D eigenvalue weighted by atomic mass is 32.1. The third-order valence-corrected chi connectivity index (χ3v) is 4.75. The summed E-state index contributed by atoms with van der Waals surface area (Å²) in [6.07, 6.45) is 1.78. The average Bonchev–Trinajstić information content (AvgIpc) is 3.09. The molecular weight excluding hydrogens is 354 g/mol. The second kappa shape index (κ2) is 8.82. The number of hydrogen-bond donors (Lipinski definition) is 1. The predicted octanol–water partition coefficient (Wildman–Crippen LogP) is 5.91. The number of aryl methyl sites for hydroxylation is 2. The molecule has 0 aliphatic heterocycles. The van der Waals surface area contributed by atoms with E-state index in [1.807, 2.05) is 24.3 Å². The number of hydrogen-bond acceptors (Lipinski definition) is 5. The molecule has 0 atom stereocenters. The summed E-state index contributed by atoms with van der Waals surface area (Å²) in [4.78, 5) is 4.63. The molecule has 0 saturated heterocycles. The van der Waals surface area contributed by atoms with Crippen LogP contribution < -0.4 is 10.2 Å². The van der Waals surface area contributed by atoms with Crippen molar-refractivity contribution in [1.29, 1.82) is 0 Å². The quantitative estimate of drug-likeness (QED) is 0.410. The first-order chi connectivity index (χ1) is 13.0. The van der Waals surface area contributed by atoms with Crippen LogP contribution in [0.5, 0.6) is 5.75 Å². The van der Waals surface area contributed by atoms with E-state index in [2.05, 4.69) is 66.8 Å². The molecule has 3 aromatic rings. The van der Waals surface area contributed by atoms with Crippen LogP contribution >= 0.6 is 11.3 Å². The second-order valence-corrected chi connectivity index (χ2v) is 7.86. The molecule has 0 aliphatic rings. The number of anilines is 1. The van der Waals surface area contributed by atoms with E-state index < -0.39 is 0 Å². The highest BCUT2D eigenvalue weighted by Gasteiger charge is 2.07. The molecule has 5 heteroatoms. The minimum Gasteiger partial charge on any atom is -0.493 e. The van der Waals surface area contributed by atoms with E-state index >= 15 is 0 Å². The maximum atomic E-state index is 5.69. The lowest BCUT2D eigenvalue weighted by atomic mass is 10.0. The van der Waals surface area contributed by atoms with Gasteiger partial charge in [-0.15, -0.1) is 11.3 Å². The van der Waals surface area contributed by atoms with Gasteiger partial charge in [-0.05, 0) is 55.2 Å². The zero-order valence-electron chi connectivity index (χ0n) is 16.2. The summed E-state index contributed by atoms with van der Waals surface area (Å²) >= 11 is 1.55. The van der Waals surface area contributed by atoms with Crippen molar-refractivity contribution < 1.29 is 4.74 Å². The van der Waals surface area contributed by atoms with Gasteiger partial charge in [-0.2, -0.15) is 5.10 Å². The fourth-order valence-electron chi connectivity index (χ4n) is 2.62. The third kappa shape index (κ3) is 5.41. The topological polar surface area (TPSA) is 46.5 Å². The Morgan fingerprint density at radius 3 is 2.63 bits per heavy atom. The van der Waals surface area contributed by atoms with Gasteiger partial charge in [0.25, 0.3) is 0 Å². The van der Waals surface area contributed by atoms with E-state index in [-0.39, 0.29) is 0 Å². The molecule has 0 bridgehead atoms. The molecular formula is C22H25N3OS. The zero-order chi connectivity index (χ0) is 19.2. The van der Waals surface area contributed by atoms with Gasteiger partial charge in [0.15, 0.2) is 0 Å². The van der Waals surface area contributed by atoms with Crippen LogP contribution in [0.2, 0.25) is 0 Å². The summed E-state index contributed by atoms with van der Waals surface area (Å²) in [5, 5.41) is 7.12. The van der Waals surface area contributed by atoms with Crippen molar-refractivity contribution >= 4 is 22.7 Å². The first kappa shape index (κ1) is 19.1. The van der Waals surface area contributed by atoms with Gasteiger partial charge in [-0.1, -0.05) is 37.6 Å². The standard InChI is InChI=1S/C22H25N3OS/c1-15(2)13-26-19-8-6-18(7-9-19)12-23-25-22-24-21(14-27-22)20-10-5-16(3)11-17(20)4/h5-12,14-15H,13H2,1-4H3,(H,24,25)/b23-12-. The maximum absolute atomic E-state index is 5.69. The molecule has 4 nitrogen and oxygen atoms in total. The largest absolute Gasteiger partial charge is 0.493 e. The highest BCUT2D eigenvalue weighted by molar-refractivity contribution is 7.14. The number of nitrogens with one attached hydrogen (secondary N) is 1. The lowest BCUT2D eigenvalue weighted by Crippen LogP contribution is -2.04. The van der Waals surface area contributed by atoms with Crippen LogP contribution in [0.15, 0.2) is 52.9 Å². The van der Waals surface area contributed by atoms with Crippen molar-refractivity contribution in [2.75, 3.05) is 12.0 Å². The molecule has 0 amide bonds. The molecule has 27 heavy (non-hydrogen) atoms. The van der Waals surface area contributed by atoms with Gasteiger partial charge in [0, 0.05) is 10.9 Å². The van der Waals surface area contributed by atoms with Crippen LogP contribution in [0.25, 0.3) is 11.3 Å². The summed E-state index contributed by atoms with van der Waals surface area (Å²) < 4.78 is 5.69. The Morgan fingerprint density at radius 1 is 1.15 bits per heavy atom. The van der Waals surface area contributed by atoms with Crippen molar-refractivity contribution in [2.24, 2.45) is 11.0 Å². The van der Waals surface area contributed by atoms with E-state index in [0.29, 0.717) is 5.92 Å². The highest BCUT2D eigenvalue weighted by Crippen LogP contribution is 2.28. The van der Waals surface area contributed by atoms with E-state index in [1.165, 1.54) is 11.1 Å². The van der Waals surface area contributed by atoms with Gasteiger partial charge in [-0.25, -0.2) is 4.98 Å². The van der Waals surface area contributed by atoms with Crippen molar-refractivity contribution in [3.8, 4) is 17.0 Å². The van der Waals surface area contributed by atoms with Gasteiger partial charge < -0.3 is 4.74 Å². The predicted molar refractivity (Wildman–Crippen MR) is 115 cm³/mol. The number of nitrogens with zero attached hydrogens (tertiary/aromatic N) is 2. The first-order valence-electron chi connectivity index (χ1n) is 9.06. The lowest BCUT2D eigenvalue weighted by Gasteiger charge is -2.08. The molecule has 3 rings (SSSR count). The number of benzene rings is 2. The number of hydrazone groups is 1. The van der Waals surface area contributed by atoms with Gasteiger partial charge >= 0.3 is 0 Å². The maximum Gasteiger partial charge on any atom is 0.203 e. The molecule has 0 radical (unpaired) electrons. The van der Waals surface area contributed by atoms with Crippen molar-refractivity contribution in [3.63, 3.8) is 0 Å². The van der Waals surface area contributed by atoms with Gasteiger partial charge in [0.05, 0.1) is 18.5 Å². The van der Waals surface area contributed by atoms with Crippen molar-refractivity contribution in [3.05, 3.63) is 64.5 Å². The monoisotopic (exact) mass is 379 g/mol. The molecule has 0 unspecified atom stereocenters. The Hall–Kier alpha value is -2.66. The van der Waals surface area contributed by atoms with Gasteiger partial charge in [0.1, 0.15) is 5.75 Å². The van der Waals surface area contributed by atoms with Gasteiger partial charge in [0.2, 0.25) is 5.13 Å². The van der Waals surface area contributed by atoms with Crippen LogP contribution in [-0.2, 0) is 0 Å². The molecule has 1 heterocycles. The van der Waals surface area contributed by atoms with Crippen LogP contribution in [0.1, 0.15) is 30.5 Å². The molecule has 0 spiro atoms. The molecule has 1 aromatic heterocycles. The Bertz CT molecular complexity index is 914. The van der Waals surface area contributed by atoms with E-state index in [1.54, 1.807) is 17.6 Å². The Labute approximate surface area is 164 Å². The lowest BCUT2D eigenvalue weighted by molar-refractivity contribution is 0.271. The Kier molecular flexibility index (Phi) is 6.24.